The zero-order valence-corrected chi connectivity index (χ0v) is 10.9. The number of rotatable bonds is 6. The van der Waals surface area contributed by atoms with Gasteiger partial charge in [-0.15, -0.1) is 0 Å². The van der Waals surface area contributed by atoms with Crippen molar-refractivity contribution in [1.82, 2.24) is 0 Å². The fraction of sp³-hybridized carbons (Fsp3) is 0.385. The molecule has 4 heteroatoms. The van der Waals surface area contributed by atoms with Crippen LogP contribution in [0.2, 0.25) is 0 Å². The maximum atomic E-state index is 11.8. The van der Waals surface area contributed by atoms with E-state index in [0.717, 1.165) is 11.1 Å². The SMILES string of the molecule is COC(=O)CCSCC(=O)c1ccccc1C. The molecule has 92 valence electrons. The summed E-state index contributed by atoms with van der Waals surface area (Å²) in [5.41, 5.74) is 1.75. The van der Waals surface area contributed by atoms with E-state index >= 15 is 0 Å². The van der Waals surface area contributed by atoms with Crippen LogP contribution in [0.4, 0.5) is 0 Å². The van der Waals surface area contributed by atoms with Crippen molar-refractivity contribution in [3.63, 3.8) is 0 Å². The van der Waals surface area contributed by atoms with Crippen molar-refractivity contribution in [3.8, 4) is 0 Å². The molecule has 0 bridgehead atoms. The van der Waals surface area contributed by atoms with Gasteiger partial charge in [0, 0.05) is 11.3 Å². The van der Waals surface area contributed by atoms with Crippen LogP contribution in [0.15, 0.2) is 24.3 Å². The van der Waals surface area contributed by atoms with E-state index in [1.54, 1.807) is 0 Å². The van der Waals surface area contributed by atoms with Crippen molar-refractivity contribution in [3.05, 3.63) is 35.4 Å². The molecule has 0 aliphatic rings. The van der Waals surface area contributed by atoms with Gasteiger partial charge in [0.25, 0.3) is 0 Å². The minimum Gasteiger partial charge on any atom is -0.469 e. The van der Waals surface area contributed by atoms with Gasteiger partial charge in [0.05, 0.1) is 19.3 Å². The number of esters is 1. The normalized spacial score (nSPS) is 10.0. The third-order valence-corrected chi connectivity index (χ3v) is 3.32. The molecule has 0 saturated heterocycles. The molecule has 0 aromatic heterocycles. The Morgan fingerprint density at radius 3 is 2.65 bits per heavy atom. The summed E-state index contributed by atoms with van der Waals surface area (Å²) in [6.45, 7) is 1.92. The van der Waals surface area contributed by atoms with Crippen molar-refractivity contribution >= 4 is 23.5 Å². The predicted molar refractivity (Wildman–Crippen MR) is 69.5 cm³/mol. The van der Waals surface area contributed by atoms with Gasteiger partial charge in [-0.3, -0.25) is 9.59 Å². The molecule has 0 fully saturated rings. The van der Waals surface area contributed by atoms with Gasteiger partial charge in [-0.05, 0) is 12.5 Å². The van der Waals surface area contributed by atoms with Gasteiger partial charge in [-0.1, -0.05) is 24.3 Å². The standard InChI is InChI=1S/C13H16O3S/c1-10-5-3-4-6-11(10)12(14)9-17-8-7-13(15)16-2/h3-6H,7-9H2,1-2H3. The van der Waals surface area contributed by atoms with E-state index in [4.69, 9.17) is 0 Å². The molecule has 1 rings (SSSR count). The largest absolute Gasteiger partial charge is 0.469 e. The number of hydrogen-bond acceptors (Lipinski definition) is 4. The molecule has 0 amide bonds. The topological polar surface area (TPSA) is 43.4 Å². The maximum Gasteiger partial charge on any atom is 0.306 e. The number of benzene rings is 1. The summed E-state index contributed by atoms with van der Waals surface area (Å²) in [5.74, 6) is 0.894. The third-order valence-electron chi connectivity index (χ3n) is 2.36. The Kier molecular flexibility index (Phi) is 5.77. The highest BCUT2D eigenvalue weighted by Gasteiger charge is 2.08. The Morgan fingerprint density at radius 1 is 1.29 bits per heavy atom. The molecule has 0 spiro atoms. The molecule has 1 aromatic carbocycles. The zero-order chi connectivity index (χ0) is 12.7. The molecule has 0 radical (unpaired) electrons. The van der Waals surface area contributed by atoms with Crippen molar-refractivity contribution in [2.45, 2.75) is 13.3 Å². The van der Waals surface area contributed by atoms with Crippen molar-refractivity contribution in [2.24, 2.45) is 0 Å². The first kappa shape index (κ1) is 13.8. The zero-order valence-electron chi connectivity index (χ0n) is 10.1. The molecule has 0 aliphatic heterocycles. The second-order valence-corrected chi connectivity index (χ2v) is 4.72. The summed E-state index contributed by atoms with van der Waals surface area (Å²) in [5, 5.41) is 0. The number of carbonyl (C=O) groups is 2. The van der Waals surface area contributed by atoms with Crippen LogP contribution in [-0.2, 0) is 9.53 Å². The van der Waals surface area contributed by atoms with E-state index in [2.05, 4.69) is 4.74 Å². The molecule has 0 aliphatic carbocycles. The van der Waals surface area contributed by atoms with E-state index in [-0.39, 0.29) is 11.8 Å². The Labute approximate surface area is 106 Å². The number of methoxy groups -OCH3 is 1. The molecule has 0 unspecified atom stereocenters. The Hall–Kier alpha value is -1.29. The molecule has 1 aromatic rings. The fourth-order valence-corrected chi connectivity index (χ4v) is 2.18. The van der Waals surface area contributed by atoms with Gasteiger partial charge < -0.3 is 4.74 Å². The molecule has 0 heterocycles. The molecule has 0 saturated carbocycles. The van der Waals surface area contributed by atoms with Crippen LogP contribution < -0.4 is 0 Å². The second kappa shape index (κ2) is 7.12. The van der Waals surface area contributed by atoms with E-state index in [0.29, 0.717) is 17.9 Å². The number of Topliss-reactive ketones (excluding diaryl/α,β-unsaturated/α-hetero) is 1. The number of ketones is 1. The third kappa shape index (κ3) is 4.61. The van der Waals surface area contributed by atoms with Gasteiger partial charge in [0.15, 0.2) is 5.78 Å². The minimum absolute atomic E-state index is 0.109. The monoisotopic (exact) mass is 252 g/mol. The first-order valence-corrected chi connectivity index (χ1v) is 6.54. The van der Waals surface area contributed by atoms with Gasteiger partial charge in [0.1, 0.15) is 0 Å². The van der Waals surface area contributed by atoms with Crippen LogP contribution in [0, 0.1) is 6.92 Å². The Morgan fingerprint density at radius 2 is 2.00 bits per heavy atom. The van der Waals surface area contributed by atoms with Crippen LogP contribution in [0.5, 0.6) is 0 Å². The molecular weight excluding hydrogens is 236 g/mol. The first-order chi connectivity index (χ1) is 8.15. The van der Waals surface area contributed by atoms with Crippen LogP contribution >= 0.6 is 11.8 Å². The van der Waals surface area contributed by atoms with Crippen LogP contribution in [-0.4, -0.2) is 30.4 Å². The summed E-state index contributed by atoms with van der Waals surface area (Å²) >= 11 is 1.46. The van der Waals surface area contributed by atoms with Gasteiger partial charge in [-0.25, -0.2) is 0 Å². The lowest BCUT2D eigenvalue weighted by atomic mass is 10.1. The maximum absolute atomic E-state index is 11.8. The average Bonchev–Trinajstić information content (AvgIpc) is 2.34. The van der Waals surface area contributed by atoms with E-state index in [9.17, 15) is 9.59 Å². The van der Waals surface area contributed by atoms with Gasteiger partial charge in [-0.2, -0.15) is 11.8 Å². The highest BCUT2D eigenvalue weighted by atomic mass is 32.2. The van der Waals surface area contributed by atoms with Crippen LogP contribution in [0.3, 0.4) is 0 Å². The summed E-state index contributed by atoms with van der Waals surface area (Å²) in [7, 11) is 1.37. The fourth-order valence-electron chi connectivity index (χ4n) is 1.39. The molecular formula is C13H16O3S. The quantitative estimate of drug-likeness (QED) is 0.443. The van der Waals surface area contributed by atoms with E-state index in [1.165, 1.54) is 18.9 Å². The summed E-state index contributed by atoms with van der Waals surface area (Å²) < 4.78 is 4.52. The smallest absolute Gasteiger partial charge is 0.306 e. The first-order valence-electron chi connectivity index (χ1n) is 5.38. The molecule has 17 heavy (non-hydrogen) atoms. The molecule has 0 atom stereocenters. The van der Waals surface area contributed by atoms with E-state index < -0.39 is 0 Å². The van der Waals surface area contributed by atoms with Gasteiger partial charge in [0.2, 0.25) is 0 Å². The summed E-state index contributed by atoms with van der Waals surface area (Å²) in [6, 6.07) is 7.53. The van der Waals surface area contributed by atoms with Crippen molar-refractivity contribution in [2.75, 3.05) is 18.6 Å². The highest BCUT2D eigenvalue weighted by molar-refractivity contribution is 8.00. The lowest BCUT2D eigenvalue weighted by Gasteiger charge is -2.04. The van der Waals surface area contributed by atoms with Crippen molar-refractivity contribution < 1.29 is 14.3 Å². The average molecular weight is 252 g/mol. The Balaban J connectivity index is 2.36. The number of carbonyl (C=O) groups excluding carboxylic acids is 2. The molecule has 3 nitrogen and oxygen atoms in total. The summed E-state index contributed by atoms with van der Waals surface area (Å²) in [6.07, 6.45) is 0.349. The summed E-state index contributed by atoms with van der Waals surface area (Å²) in [4.78, 5) is 22.7. The van der Waals surface area contributed by atoms with E-state index in [1.807, 2.05) is 31.2 Å². The van der Waals surface area contributed by atoms with Crippen molar-refractivity contribution in [1.29, 1.82) is 0 Å². The van der Waals surface area contributed by atoms with Crippen LogP contribution in [0.25, 0.3) is 0 Å². The predicted octanol–water partition coefficient (Wildman–Crippen LogP) is 2.47. The number of thioether (sulfide) groups is 1. The minimum atomic E-state index is -0.235. The number of hydrogen-bond donors (Lipinski definition) is 0. The van der Waals surface area contributed by atoms with Crippen LogP contribution in [0.1, 0.15) is 22.3 Å². The number of ether oxygens (including phenoxy) is 1. The Bertz CT molecular complexity index is 401. The second-order valence-electron chi connectivity index (χ2n) is 3.62. The highest BCUT2D eigenvalue weighted by Crippen LogP contribution is 2.12. The molecule has 0 N–H and O–H groups in total. The lowest BCUT2D eigenvalue weighted by Crippen LogP contribution is -2.07. The van der Waals surface area contributed by atoms with Gasteiger partial charge >= 0.3 is 5.97 Å². The lowest BCUT2D eigenvalue weighted by molar-refractivity contribution is -0.140. The number of aryl methyl sites for hydroxylation is 1.